The molecular weight excluding hydrogens is 438 g/mol. The fourth-order valence-corrected chi connectivity index (χ4v) is 7.86. The third-order valence-corrected chi connectivity index (χ3v) is 9.37. The molecule has 1 spiro atoms. The van der Waals surface area contributed by atoms with Gasteiger partial charge in [-0.2, -0.15) is 9.13 Å². The van der Waals surface area contributed by atoms with Gasteiger partial charge in [0.15, 0.2) is 25.5 Å². The van der Waals surface area contributed by atoms with Crippen LogP contribution in [0.15, 0.2) is 91.4 Å². The third kappa shape index (κ3) is 1.96. The van der Waals surface area contributed by atoms with Crippen molar-refractivity contribution >= 4 is 32.4 Å². The summed E-state index contributed by atoms with van der Waals surface area (Å²) in [4.78, 5) is 4.95. The first-order valence-electron chi connectivity index (χ1n) is 12.9. The summed E-state index contributed by atoms with van der Waals surface area (Å²) in [5.74, 6) is 0. The monoisotopic (exact) mass is 463 g/mol. The molecule has 9 rings (SSSR count). The van der Waals surface area contributed by atoms with Crippen LogP contribution in [0.2, 0.25) is 0 Å². The Balaban J connectivity index is 1.53. The van der Waals surface area contributed by atoms with E-state index >= 15 is 0 Å². The highest BCUT2D eigenvalue weighted by molar-refractivity contribution is 6.28. The van der Waals surface area contributed by atoms with Crippen molar-refractivity contribution in [2.75, 3.05) is 0 Å². The smallest absolute Gasteiger partial charge is 0.231 e. The lowest BCUT2D eigenvalue weighted by atomic mass is 9.67. The molecule has 3 aromatic carbocycles. The third-order valence-electron chi connectivity index (χ3n) is 9.37. The zero-order valence-electron chi connectivity index (χ0n) is 20.4. The van der Waals surface area contributed by atoms with Gasteiger partial charge in [-0.15, -0.1) is 0 Å². The molecule has 6 aromatic rings. The lowest BCUT2D eigenvalue weighted by molar-refractivity contribution is -0.725. The molecule has 2 aliphatic heterocycles. The first-order chi connectivity index (χ1) is 17.6. The molecule has 36 heavy (non-hydrogen) atoms. The van der Waals surface area contributed by atoms with Gasteiger partial charge in [-0.05, 0) is 45.7 Å². The van der Waals surface area contributed by atoms with Crippen LogP contribution in [0.1, 0.15) is 36.1 Å². The number of aromatic nitrogens is 3. The molecule has 3 heteroatoms. The van der Waals surface area contributed by atoms with Gasteiger partial charge < -0.3 is 0 Å². The molecule has 1 unspecified atom stereocenters. The fraction of sp³-hybridized carbons (Fsp3) is 0.182. The minimum Gasteiger partial charge on any atom is -0.250 e. The summed E-state index contributed by atoms with van der Waals surface area (Å²) < 4.78 is 4.95. The van der Waals surface area contributed by atoms with Crippen molar-refractivity contribution in [1.29, 1.82) is 0 Å². The number of rotatable bonds is 0. The molecule has 0 amide bonds. The van der Waals surface area contributed by atoms with Crippen molar-refractivity contribution < 1.29 is 9.13 Å². The number of hydrogen-bond acceptors (Lipinski definition) is 1. The Morgan fingerprint density at radius 3 is 2.36 bits per heavy atom. The summed E-state index contributed by atoms with van der Waals surface area (Å²) >= 11 is 0. The second kappa shape index (κ2) is 5.99. The number of pyridine rings is 3. The lowest BCUT2D eigenvalue weighted by Crippen LogP contribution is -2.59. The van der Waals surface area contributed by atoms with Gasteiger partial charge in [0, 0.05) is 40.8 Å². The topological polar surface area (TPSA) is 20.6 Å². The largest absolute Gasteiger partial charge is 0.250 e. The van der Waals surface area contributed by atoms with E-state index in [0.29, 0.717) is 0 Å². The Labute approximate surface area is 209 Å². The van der Waals surface area contributed by atoms with Gasteiger partial charge in [-0.1, -0.05) is 50.2 Å². The Morgan fingerprint density at radius 2 is 1.42 bits per heavy atom. The fourth-order valence-electron chi connectivity index (χ4n) is 7.86. The number of fused-ring (bicyclic) bond motifs is 6. The zero-order valence-corrected chi connectivity index (χ0v) is 20.4. The lowest BCUT2D eigenvalue weighted by Gasteiger charge is -2.37. The van der Waals surface area contributed by atoms with E-state index in [9.17, 15) is 0 Å². The minimum atomic E-state index is -0.192. The van der Waals surface area contributed by atoms with Gasteiger partial charge in [-0.25, -0.2) is 4.98 Å². The Kier molecular flexibility index (Phi) is 3.18. The standard InChI is InChI=1S/C33H25N3/c1-32(2)22-10-5-8-20-21-9-7-17-36-19-33(24-14-13-23(32)28(27(20)22)29(24)31(21)36)18-35-16-4-3-12-26(35)30-25(33)11-6-15-34-30/h3-17H,18-19H2,1-2H3/q+2. The van der Waals surface area contributed by atoms with E-state index in [2.05, 4.69) is 108 Å². The molecule has 1 aliphatic carbocycles. The molecule has 170 valence electrons. The maximum Gasteiger partial charge on any atom is 0.231 e. The minimum absolute atomic E-state index is 0.0133. The first-order valence-corrected chi connectivity index (χ1v) is 12.9. The highest BCUT2D eigenvalue weighted by Crippen LogP contribution is 2.55. The van der Waals surface area contributed by atoms with Crippen molar-refractivity contribution in [2.45, 2.75) is 37.8 Å². The quantitative estimate of drug-likeness (QED) is 0.208. The van der Waals surface area contributed by atoms with Crippen molar-refractivity contribution in [2.24, 2.45) is 0 Å². The van der Waals surface area contributed by atoms with Gasteiger partial charge in [0.1, 0.15) is 11.1 Å². The Hall–Kier alpha value is -4.11. The number of nitrogens with zero attached hydrogens (tertiary/aromatic N) is 3. The predicted octanol–water partition coefficient (Wildman–Crippen LogP) is 5.74. The Morgan fingerprint density at radius 1 is 0.639 bits per heavy atom. The molecule has 0 fully saturated rings. The van der Waals surface area contributed by atoms with Gasteiger partial charge >= 0.3 is 0 Å². The van der Waals surface area contributed by atoms with E-state index in [1.165, 1.54) is 60.4 Å². The molecule has 3 aromatic heterocycles. The molecule has 3 aliphatic rings. The summed E-state index contributed by atoms with van der Waals surface area (Å²) in [5, 5.41) is 7.10. The van der Waals surface area contributed by atoms with E-state index in [0.717, 1.165) is 18.8 Å². The van der Waals surface area contributed by atoms with Gasteiger partial charge in [0.25, 0.3) is 0 Å². The van der Waals surface area contributed by atoms with Crippen LogP contribution >= 0.6 is 0 Å². The maximum absolute atomic E-state index is 4.95. The molecule has 0 saturated heterocycles. The first kappa shape index (κ1) is 19.1. The summed E-state index contributed by atoms with van der Waals surface area (Å²) in [5.41, 5.74) is 9.18. The van der Waals surface area contributed by atoms with Crippen molar-refractivity contribution in [3.05, 3.63) is 114 Å². The van der Waals surface area contributed by atoms with Crippen LogP contribution in [-0.2, 0) is 23.9 Å². The van der Waals surface area contributed by atoms with Crippen LogP contribution in [0.4, 0.5) is 0 Å². The van der Waals surface area contributed by atoms with Gasteiger partial charge in [0.05, 0.1) is 10.8 Å². The second-order valence-electron chi connectivity index (χ2n) is 11.4. The predicted molar refractivity (Wildman–Crippen MR) is 142 cm³/mol. The number of hydrogen-bond donors (Lipinski definition) is 0. The Bertz CT molecular complexity index is 1980. The molecular formula is C33H25N3+2. The van der Waals surface area contributed by atoms with Crippen molar-refractivity contribution in [3.8, 4) is 11.4 Å². The summed E-state index contributed by atoms with van der Waals surface area (Å²) in [6, 6.07) is 27.3. The normalized spacial score (nSPS) is 20.1. The highest BCUT2D eigenvalue weighted by Gasteiger charge is 2.53. The van der Waals surface area contributed by atoms with Crippen LogP contribution in [0.5, 0.6) is 0 Å². The summed E-state index contributed by atoms with van der Waals surface area (Å²) in [6.07, 6.45) is 6.45. The zero-order chi connectivity index (χ0) is 23.8. The van der Waals surface area contributed by atoms with E-state index in [4.69, 9.17) is 4.98 Å². The van der Waals surface area contributed by atoms with E-state index < -0.39 is 0 Å². The van der Waals surface area contributed by atoms with Gasteiger partial charge in [-0.3, -0.25) is 0 Å². The molecule has 0 saturated carbocycles. The summed E-state index contributed by atoms with van der Waals surface area (Å²) in [6.45, 7) is 6.59. The molecule has 0 bridgehead atoms. The molecule has 1 atom stereocenters. The van der Waals surface area contributed by atoms with Gasteiger partial charge in [0.2, 0.25) is 11.2 Å². The molecule has 5 heterocycles. The SMILES string of the molecule is CC1(C)c2cccc3c4ccc[n+]5c4c4c(ccc1c4c23)C1(C[n+]2ccccc2-c2ncccc21)C5. The van der Waals surface area contributed by atoms with Crippen LogP contribution < -0.4 is 9.13 Å². The maximum atomic E-state index is 4.95. The van der Waals surface area contributed by atoms with Crippen LogP contribution in [-0.4, -0.2) is 4.98 Å². The van der Waals surface area contributed by atoms with Crippen LogP contribution in [0, 0.1) is 0 Å². The van der Waals surface area contributed by atoms with E-state index in [-0.39, 0.29) is 10.8 Å². The average Bonchev–Trinajstić information content (AvgIpc) is 3.15. The van der Waals surface area contributed by atoms with Crippen molar-refractivity contribution in [3.63, 3.8) is 0 Å². The average molecular weight is 464 g/mol. The van der Waals surface area contributed by atoms with Crippen molar-refractivity contribution in [1.82, 2.24) is 4.98 Å². The molecule has 0 radical (unpaired) electrons. The van der Waals surface area contributed by atoms with E-state index in [1.54, 1.807) is 0 Å². The second-order valence-corrected chi connectivity index (χ2v) is 11.4. The molecule has 0 N–H and O–H groups in total. The van der Waals surface area contributed by atoms with Crippen LogP contribution in [0.25, 0.3) is 43.8 Å². The summed E-state index contributed by atoms with van der Waals surface area (Å²) in [7, 11) is 0. The molecule has 3 nitrogen and oxygen atoms in total. The van der Waals surface area contributed by atoms with Crippen LogP contribution in [0.3, 0.4) is 0 Å². The highest BCUT2D eigenvalue weighted by atomic mass is 15.1. The van der Waals surface area contributed by atoms with E-state index in [1.807, 2.05) is 6.20 Å². The number of benzene rings is 3.